The van der Waals surface area contributed by atoms with Gasteiger partial charge in [0, 0.05) is 30.5 Å². The first kappa shape index (κ1) is 24.5. The first-order valence-corrected chi connectivity index (χ1v) is 12.3. The van der Waals surface area contributed by atoms with Crippen LogP contribution in [0.3, 0.4) is 0 Å². The Labute approximate surface area is 207 Å². The zero-order valence-corrected chi connectivity index (χ0v) is 20.8. The van der Waals surface area contributed by atoms with Crippen molar-refractivity contribution >= 4 is 45.9 Å². The third-order valence-corrected chi connectivity index (χ3v) is 7.58. The normalized spacial score (nSPS) is 12.7. The zero-order valence-electron chi connectivity index (χ0n) is 19.2. The van der Waals surface area contributed by atoms with Crippen molar-refractivity contribution in [3.05, 3.63) is 50.7 Å². The van der Waals surface area contributed by atoms with Gasteiger partial charge in [-0.2, -0.15) is 0 Å². The number of thiophene rings is 1. The van der Waals surface area contributed by atoms with Crippen molar-refractivity contribution in [2.45, 2.75) is 24.9 Å². The molecule has 0 spiro atoms. The second kappa shape index (κ2) is 10.4. The molecule has 0 unspecified atom stereocenters. The summed E-state index contributed by atoms with van der Waals surface area (Å²) in [4.78, 5) is 51.8. The van der Waals surface area contributed by atoms with E-state index in [2.05, 4.69) is 10.6 Å². The number of nitrogens with zero attached hydrogens (tertiary/aromatic N) is 2. The summed E-state index contributed by atoms with van der Waals surface area (Å²) in [6.07, 6.45) is 0.493. The minimum Gasteiger partial charge on any atom is -0.497 e. The molecule has 11 nitrogen and oxygen atoms in total. The Balaban J connectivity index is 1.51. The van der Waals surface area contributed by atoms with Crippen molar-refractivity contribution in [3.63, 3.8) is 0 Å². The number of esters is 1. The SMILES string of the molecule is COC(=O)c1c(NC(=O)CSc2c(=O)o[nH][n+]2-c2ccc(OC)cc2)sc2c1CCN(C(C)=O)C2. The predicted octanol–water partition coefficient (Wildman–Crippen LogP) is 1.74. The van der Waals surface area contributed by atoms with Crippen molar-refractivity contribution < 1.29 is 33.1 Å². The van der Waals surface area contributed by atoms with E-state index in [0.717, 1.165) is 22.2 Å². The molecule has 0 aliphatic carbocycles. The average molecular weight is 520 g/mol. The topological polar surface area (TPSA) is 135 Å². The quantitative estimate of drug-likeness (QED) is 0.274. The minimum absolute atomic E-state index is 0.0545. The summed E-state index contributed by atoms with van der Waals surface area (Å²) in [5.74, 6) is -0.475. The van der Waals surface area contributed by atoms with Crippen molar-refractivity contribution in [1.29, 1.82) is 0 Å². The van der Waals surface area contributed by atoms with Gasteiger partial charge >= 0.3 is 16.6 Å². The number of hydrogen-bond donors (Lipinski definition) is 2. The molecule has 3 heterocycles. The van der Waals surface area contributed by atoms with Gasteiger partial charge in [-0.3, -0.25) is 14.1 Å². The van der Waals surface area contributed by atoms with Crippen LogP contribution in [0.25, 0.3) is 5.69 Å². The number of carbonyl (C=O) groups is 3. The smallest absolute Gasteiger partial charge is 0.442 e. The van der Waals surface area contributed by atoms with Gasteiger partial charge in [0.1, 0.15) is 10.8 Å². The van der Waals surface area contributed by atoms with E-state index < -0.39 is 17.5 Å². The summed E-state index contributed by atoms with van der Waals surface area (Å²) in [7, 11) is 2.83. The maximum atomic E-state index is 12.8. The third kappa shape index (κ3) is 5.10. The average Bonchev–Trinajstić information content (AvgIpc) is 3.41. The lowest BCUT2D eigenvalue weighted by Gasteiger charge is -2.25. The van der Waals surface area contributed by atoms with Crippen LogP contribution >= 0.6 is 23.1 Å². The monoisotopic (exact) mass is 519 g/mol. The van der Waals surface area contributed by atoms with Crippen molar-refractivity contribution in [1.82, 2.24) is 10.2 Å². The number of thioether (sulfide) groups is 1. The van der Waals surface area contributed by atoms with Crippen molar-refractivity contribution in [3.8, 4) is 11.4 Å². The summed E-state index contributed by atoms with van der Waals surface area (Å²) in [6, 6.07) is 6.93. The molecule has 1 aliphatic rings. The summed E-state index contributed by atoms with van der Waals surface area (Å²) >= 11 is 2.24. The number of amides is 2. The molecule has 0 saturated heterocycles. The number of methoxy groups -OCH3 is 2. The lowest BCUT2D eigenvalue weighted by atomic mass is 10.0. The second-order valence-corrected chi connectivity index (χ2v) is 9.62. The second-order valence-electron chi connectivity index (χ2n) is 7.55. The van der Waals surface area contributed by atoms with Crippen LogP contribution in [0.1, 0.15) is 27.7 Å². The maximum absolute atomic E-state index is 12.8. The van der Waals surface area contributed by atoms with Gasteiger partial charge in [0.25, 0.3) is 0 Å². The molecule has 0 bridgehead atoms. The molecule has 0 fully saturated rings. The molecule has 2 N–H and O–H groups in total. The largest absolute Gasteiger partial charge is 0.497 e. The first-order chi connectivity index (χ1) is 16.8. The Morgan fingerprint density at radius 1 is 1.26 bits per heavy atom. The Morgan fingerprint density at radius 2 is 2.00 bits per heavy atom. The maximum Gasteiger partial charge on any atom is 0.442 e. The number of fused-ring (bicyclic) bond motifs is 1. The Kier molecular flexibility index (Phi) is 7.26. The summed E-state index contributed by atoms with van der Waals surface area (Å²) < 4.78 is 16.4. The van der Waals surface area contributed by atoms with E-state index in [9.17, 15) is 19.2 Å². The Hall–Kier alpha value is -3.58. The van der Waals surface area contributed by atoms with Gasteiger partial charge in [-0.15, -0.1) is 11.3 Å². The van der Waals surface area contributed by atoms with E-state index in [1.54, 1.807) is 36.3 Å². The van der Waals surface area contributed by atoms with Crippen LogP contribution in [0, 0.1) is 0 Å². The molecule has 0 saturated carbocycles. The van der Waals surface area contributed by atoms with Crippen molar-refractivity contribution in [2.24, 2.45) is 0 Å². The van der Waals surface area contributed by atoms with Crippen molar-refractivity contribution in [2.75, 3.05) is 31.8 Å². The van der Waals surface area contributed by atoms with Gasteiger partial charge in [-0.1, -0.05) is 0 Å². The van der Waals surface area contributed by atoms with Crippen LogP contribution in [0.5, 0.6) is 5.75 Å². The summed E-state index contributed by atoms with van der Waals surface area (Å²) in [6.45, 7) is 2.35. The number of benzene rings is 1. The van der Waals surface area contributed by atoms with Crippen LogP contribution in [0.15, 0.2) is 38.6 Å². The van der Waals surface area contributed by atoms with Gasteiger partial charge in [0.15, 0.2) is 0 Å². The molecule has 4 rings (SSSR count). The Morgan fingerprint density at radius 3 is 2.66 bits per heavy atom. The zero-order chi connectivity index (χ0) is 25.1. The van der Waals surface area contributed by atoms with E-state index >= 15 is 0 Å². The number of anilines is 1. The fourth-order valence-corrected chi connectivity index (χ4v) is 5.70. The van der Waals surface area contributed by atoms with E-state index in [1.807, 2.05) is 0 Å². The van der Waals surface area contributed by atoms with E-state index in [0.29, 0.717) is 41.5 Å². The fraction of sp³-hybridized carbons (Fsp3) is 0.318. The summed E-state index contributed by atoms with van der Waals surface area (Å²) in [5, 5.41) is 5.84. The van der Waals surface area contributed by atoms with Gasteiger partial charge < -0.3 is 19.7 Å². The molecule has 1 aliphatic heterocycles. The van der Waals surface area contributed by atoms with Gasteiger partial charge in [-0.05, 0) is 45.8 Å². The van der Waals surface area contributed by atoms with Gasteiger partial charge in [0.2, 0.25) is 17.5 Å². The summed E-state index contributed by atoms with van der Waals surface area (Å²) in [5.41, 5.74) is 1.09. The Bertz CT molecular complexity index is 1330. The molecule has 35 heavy (non-hydrogen) atoms. The number of hydrogen-bond acceptors (Lipinski definition) is 9. The molecule has 1 aromatic carbocycles. The lowest BCUT2D eigenvalue weighted by Crippen LogP contribution is -2.36. The van der Waals surface area contributed by atoms with Crippen LogP contribution in [-0.4, -0.2) is 54.5 Å². The molecule has 0 radical (unpaired) electrons. The molecule has 184 valence electrons. The first-order valence-electron chi connectivity index (χ1n) is 10.5. The number of carbonyl (C=O) groups excluding carboxylic acids is 3. The van der Waals surface area contributed by atoms with Gasteiger partial charge in [-0.25, -0.2) is 9.59 Å². The lowest BCUT2D eigenvalue weighted by molar-refractivity contribution is -0.704. The molecule has 0 atom stereocenters. The molecular weight excluding hydrogens is 496 g/mol. The number of H-pyrrole nitrogens is 1. The highest BCUT2D eigenvalue weighted by molar-refractivity contribution is 7.99. The number of aromatic nitrogens is 2. The molecule has 3 aromatic rings. The molecular formula is C22H23N4O7S2+. The van der Waals surface area contributed by atoms with Crippen LogP contribution < -0.4 is 20.4 Å². The van der Waals surface area contributed by atoms with Crippen LogP contribution in [-0.2, 0) is 27.3 Å². The van der Waals surface area contributed by atoms with E-state index in [1.165, 1.54) is 30.1 Å². The highest BCUT2D eigenvalue weighted by Gasteiger charge is 2.31. The van der Waals surface area contributed by atoms with Gasteiger partial charge in [0.05, 0.1) is 32.1 Å². The molecule has 2 amide bonds. The van der Waals surface area contributed by atoms with E-state index in [-0.39, 0.29) is 16.7 Å². The van der Waals surface area contributed by atoms with Crippen LogP contribution in [0.4, 0.5) is 5.00 Å². The number of ether oxygens (including phenoxy) is 2. The third-order valence-electron chi connectivity index (χ3n) is 5.42. The minimum atomic E-state index is -0.621. The molecule has 2 aromatic heterocycles. The highest BCUT2D eigenvalue weighted by Crippen LogP contribution is 2.37. The number of aromatic amines is 1. The standard InChI is InChI=1S/C22H22N4O7S2/c1-12(27)25-9-8-15-16(10-25)35-19(18(15)21(29)32-3)23-17(28)11-34-20-22(30)33-24-26(20)13-4-6-14(31-2)7-5-13/h4-7H,8-11H2,1-3H3,(H-,23,24,28,29,30)/p+1. The van der Waals surface area contributed by atoms with Crippen LogP contribution in [0.2, 0.25) is 0 Å². The highest BCUT2D eigenvalue weighted by atomic mass is 32.2. The number of rotatable bonds is 7. The fourth-order valence-electron chi connectivity index (χ4n) is 3.66. The predicted molar refractivity (Wildman–Crippen MR) is 127 cm³/mol. The van der Waals surface area contributed by atoms with E-state index in [4.69, 9.17) is 14.0 Å². The molecule has 13 heteroatoms. The number of nitrogens with one attached hydrogen (secondary N) is 2.